The molecule has 7 heteroatoms. The largest absolute Gasteiger partial charge is 0.502 e. The Balaban J connectivity index is 0.00000137. The number of nitrogens with zero attached hydrogens (tertiary/aromatic N) is 1. The summed E-state index contributed by atoms with van der Waals surface area (Å²) >= 11 is 0. The Morgan fingerprint density at radius 1 is 1.50 bits per heavy atom. The van der Waals surface area contributed by atoms with E-state index >= 15 is 0 Å². The number of nitro groups is 1. The number of nitrogens with two attached hydrogens (primary N) is 1. The van der Waals surface area contributed by atoms with E-state index in [4.69, 9.17) is 15.9 Å². The first-order chi connectivity index (χ1) is 8.41. The second-order valence-corrected chi connectivity index (χ2v) is 3.23. The average molecular weight is 256 g/mol. The third-order valence-corrected chi connectivity index (χ3v) is 2.01. The monoisotopic (exact) mass is 256 g/mol. The predicted octanol–water partition coefficient (Wildman–Crippen LogP) is 1.28. The molecule has 1 rings (SSSR count). The minimum atomic E-state index is -1.18. The molecule has 0 heterocycles. The number of carboxylic acid groups (broad SMARTS) is 1. The summed E-state index contributed by atoms with van der Waals surface area (Å²) in [6.45, 7) is 4.00. The van der Waals surface area contributed by atoms with Crippen molar-refractivity contribution in [1.82, 2.24) is 0 Å². The number of hydrogen-bond acceptors (Lipinski definition) is 5. The summed E-state index contributed by atoms with van der Waals surface area (Å²) < 4.78 is 0. The molecule has 100 valence electrons. The van der Waals surface area contributed by atoms with Gasteiger partial charge in [0.1, 0.15) is 6.04 Å². The first-order valence-electron chi connectivity index (χ1n) is 5.36. The zero-order chi connectivity index (χ0) is 14.3. The highest BCUT2D eigenvalue weighted by molar-refractivity contribution is 5.73. The molecule has 0 saturated carbocycles. The van der Waals surface area contributed by atoms with E-state index in [1.165, 1.54) is 6.07 Å². The van der Waals surface area contributed by atoms with Crippen LogP contribution in [0.25, 0.3) is 0 Å². The molecule has 0 spiro atoms. The molecule has 7 nitrogen and oxygen atoms in total. The summed E-state index contributed by atoms with van der Waals surface area (Å²) in [5.74, 6) is -1.65. The number of hydrogen-bond donors (Lipinski definition) is 3. The predicted molar refractivity (Wildman–Crippen MR) is 65.4 cm³/mol. The van der Waals surface area contributed by atoms with Crippen molar-refractivity contribution in [1.29, 1.82) is 0 Å². The molecule has 1 unspecified atom stereocenters. The number of aromatic hydroxyl groups is 1. The van der Waals surface area contributed by atoms with E-state index in [-0.39, 0.29) is 6.42 Å². The molecule has 18 heavy (non-hydrogen) atoms. The summed E-state index contributed by atoms with van der Waals surface area (Å²) in [5.41, 5.74) is 5.21. The third kappa shape index (κ3) is 4.38. The van der Waals surface area contributed by atoms with Gasteiger partial charge in [-0.2, -0.15) is 0 Å². The van der Waals surface area contributed by atoms with Gasteiger partial charge in [0, 0.05) is 6.07 Å². The maximum atomic E-state index is 10.5. The lowest BCUT2D eigenvalue weighted by atomic mass is 10.1. The lowest BCUT2D eigenvalue weighted by Crippen LogP contribution is -2.32. The van der Waals surface area contributed by atoms with Crippen molar-refractivity contribution in [2.45, 2.75) is 26.3 Å². The fourth-order valence-electron chi connectivity index (χ4n) is 1.18. The van der Waals surface area contributed by atoms with Crippen molar-refractivity contribution in [2.75, 3.05) is 0 Å². The lowest BCUT2D eigenvalue weighted by Gasteiger charge is -2.06. The summed E-state index contributed by atoms with van der Waals surface area (Å²) in [7, 11) is 0. The molecule has 0 aliphatic rings. The van der Waals surface area contributed by atoms with Gasteiger partial charge in [-0.15, -0.1) is 0 Å². The van der Waals surface area contributed by atoms with Crippen molar-refractivity contribution in [2.24, 2.45) is 5.73 Å². The van der Waals surface area contributed by atoms with Crippen LogP contribution in [0, 0.1) is 10.1 Å². The summed E-state index contributed by atoms with van der Waals surface area (Å²) in [6, 6.07) is 2.52. The van der Waals surface area contributed by atoms with Gasteiger partial charge in [0.15, 0.2) is 5.75 Å². The highest BCUT2D eigenvalue weighted by atomic mass is 16.6. The second-order valence-electron chi connectivity index (χ2n) is 3.23. The number of carboxylic acids is 1. The third-order valence-electron chi connectivity index (χ3n) is 2.01. The van der Waals surface area contributed by atoms with Crippen molar-refractivity contribution < 1.29 is 19.9 Å². The van der Waals surface area contributed by atoms with E-state index in [9.17, 15) is 14.9 Å². The van der Waals surface area contributed by atoms with Crippen LogP contribution >= 0.6 is 0 Å². The maximum Gasteiger partial charge on any atom is 0.320 e. The minimum absolute atomic E-state index is 0.0313. The molecule has 0 fully saturated rings. The number of nitro benzene ring substituents is 1. The molecule has 0 amide bonds. The smallest absolute Gasteiger partial charge is 0.320 e. The number of phenols is 1. The molecule has 0 saturated heterocycles. The van der Waals surface area contributed by atoms with Gasteiger partial charge in [-0.25, -0.2) is 0 Å². The Morgan fingerprint density at radius 3 is 2.50 bits per heavy atom. The van der Waals surface area contributed by atoms with Crippen molar-refractivity contribution in [3.05, 3.63) is 33.9 Å². The standard InChI is InChI=1S/C9H10N2O5.C2H6/c10-6(9(13)14)3-5-1-2-8(12)7(4-5)11(15)16;1-2/h1-2,4,6,12H,3,10H2,(H,13,14);1-2H3. The molecule has 0 aliphatic heterocycles. The van der Waals surface area contributed by atoms with Gasteiger partial charge >= 0.3 is 11.7 Å². The number of phenolic OH excluding ortho intramolecular Hbond substituents is 1. The second kappa shape index (κ2) is 7.23. The van der Waals surface area contributed by atoms with Gasteiger partial charge in [0.2, 0.25) is 0 Å². The van der Waals surface area contributed by atoms with Gasteiger partial charge in [-0.3, -0.25) is 14.9 Å². The highest BCUT2D eigenvalue weighted by Crippen LogP contribution is 2.26. The van der Waals surface area contributed by atoms with E-state index in [1.54, 1.807) is 0 Å². The van der Waals surface area contributed by atoms with Crippen LogP contribution in [0.1, 0.15) is 19.4 Å². The van der Waals surface area contributed by atoms with E-state index in [2.05, 4.69) is 0 Å². The van der Waals surface area contributed by atoms with Gasteiger partial charge in [0.25, 0.3) is 0 Å². The van der Waals surface area contributed by atoms with Crippen LogP contribution in [-0.4, -0.2) is 27.1 Å². The Bertz CT molecular complexity index is 433. The maximum absolute atomic E-state index is 10.5. The van der Waals surface area contributed by atoms with E-state index in [0.29, 0.717) is 5.56 Å². The Kier molecular flexibility index (Phi) is 6.37. The quantitative estimate of drug-likeness (QED) is 0.550. The fourth-order valence-corrected chi connectivity index (χ4v) is 1.18. The van der Waals surface area contributed by atoms with Gasteiger partial charge in [-0.05, 0) is 18.1 Å². The van der Waals surface area contributed by atoms with E-state index in [1.807, 2.05) is 13.8 Å². The van der Waals surface area contributed by atoms with Crippen LogP contribution in [-0.2, 0) is 11.2 Å². The molecule has 1 aromatic carbocycles. The minimum Gasteiger partial charge on any atom is -0.502 e. The summed E-state index contributed by atoms with van der Waals surface area (Å²) in [4.78, 5) is 20.2. The molecule has 4 N–H and O–H groups in total. The number of carbonyl (C=O) groups is 1. The highest BCUT2D eigenvalue weighted by Gasteiger charge is 2.17. The SMILES string of the molecule is CC.NC(Cc1ccc(O)c([N+](=O)[O-])c1)C(=O)O. The Hall–Kier alpha value is -2.15. The van der Waals surface area contributed by atoms with Crippen LogP contribution in [0.15, 0.2) is 18.2 Å². The number of benzene rings is 1. The van der Waals surface area contributed by atoms with E-state index in [0.717, 1.165) is 12.1 Å². The zero-order valence-corrected chi connectivity index (χ0v) is 10.2. The van der Waals surface area contributed by atoms with Crippen LogP contribution in [0.5, 0.6) is 5.75 Å². The van der Waals surface area contributed by atoms with Gasteiger partial charge in [-0.1, -0.05) is 19.9 Å². The first kappa shape index (κ1) is 15.9. The number of aliphatic carboxylic acids is 1. The molecule has 0 aliphatic carbocycles. The van der Waals surface area contributed by atoms with Crippen LogP contribution < -0.4 is 5.73 Å². The van der Waals surface area contributed by atoms with Crippen LogP contribution in [0.2, 0.25) is 0 Å². The van der Waals surface area contributed by atoms with Crippen LogP contribution in [0.3, 0.4) is 0 Å². The molecular formula is C11H16N2O5. The molecule has 1 aromatic rings. The first-order valence-corrected chi connectivity index (χ1v) is 5.36. The van der Waals surface area contributed by atoms with Gasteiger partial charge in [0.05, 0.1) is 4.92 Å². The number of rotatable bonds is 4. The molecule has 0 radical (unpaired) electrons. The topological polar surface area (TPSA) is 127 Å². The van der Waals surface area contributed by atoms with Crippen LogP contribution in [0.4, 0.5) is 5.69 Å². The molecule has 1 atom stereocenters. The zero-order valence-electron chi connectivity index (χ0n) is 10.2. The van der Waals surface area contributed by atoms with Crippen molar-refractivity contribution >= 4 is 11.7 Å². The Morgan fingerprint density at radius 2 is 2.06 bits per heavy atom. The average Bonchev–Trinajstić information content (AvgIpc) is 2.33. The van der Waals surface area contributed by atoms with Crippen molar-refractivity contribution in [3.63, 3.8) is 0 Å². The summed E-state index contributed by atoms with van der Waals surface area (Å²) in [6.07, 6.45) is -0.0313. The fraction of sp³-hybridized carbons (Fsp3) is 0.364. The van der Waals surface area contributed by atoms with Gasteiger partial charge < -0.3 is 15.9 Å². The molecule has 0 aromatic heterocycles. The summed E-state index contributed by atoms with van der Waals surface area (Å²) in [5, 5.41) is 28.2. The molecular weight excluding hydrogens is 240 g/mol. The molecule has 0 bridgehead atoms. The van der Waals surface area contributed by atoms with E-state index < -0.39 is 28.4 Å². The van der Waals surface area contributed by atoms with Crippen molar-refractivity contribution in [3.8, 4) is 5.75 Å². The lowest BCUT2D eigenvalue weighted by molar-refractivity contribution is -0.385. The Labute approximate surface area is 104 Å². The normalized spacial score (nSPS) is 11.1.